The molecule has 0 unspecified atom stereocenters. The van der Waals surface area contributed by atoms with E-state index in [1.807, 2.05) is 27.7 Å². The summed E-state index contributed by atoms with van der Waals surface area (Å²) in [5.41, 5.74) is 1.63. The molecule has 0 aromatic carbocycles. The van der Waals surface area contributed by atoms with Gasteiger partial charge in [-0.1, -0.05) is 38.1 Å². The van der Waals surface area contributed by atoms with E-state index in [0.717, 1.165) is 17.7 Å². The minimum absolute atomic E-state index is 0.177. The Hall–Kier alpha value is -0.790. The summed E-state index contributed by atoms with van der Waals surface area (Å²) in [6, 6.07) is 0. The van der Waals surface area contributed by atoms with Crippen molar-refractivity contribution in [3.63, 3.8) is 0 Å². The highest BCUT2D eigenvalue weighted by Crippen LogP contribution is 2.27. The molecule has 0 rings (SSSR count). The van der Waals surface area contributed by atoms with Gasteiger partial charge in [-0.25, -0.2) is 0 Å². The van der Waals surface area contributed by atoms with Gasteiger partial charge in [0.15, 0.2) is 0 Å². The molecule has 0 atom stereocenters. The molecule has 0 aromatic rings. The first-order valence-electron chi connectivity index (χ1n) is 3.84. The number of rotatable bonds is 3. The number of hydrogen-bond acceptors (Lipinski definition) is 2. The molecular formula is C9H17NO. The lowest BCUT2D eigenvalue weighted by Crippen LogP contribution is -2.24. The summed E-state index contributed by atoms with van der Waals surface area (Å²) in [4.78, 5) is 0. The Morgan fingerprint density at radius 3 is 2.09 bits per heavy atom. The van der Waals surface area contributed by atoms with Gasteiger partial charge >= 0.3 is 0 Å². The third-order valence-corrected chi connectivity index (χ3v) is 2.24. The Morgan fingerprint density at radius 1 is 1.55 bits per heavy atom. The largest absolute Gasteiger partial charge is 0.411 e. The molecule has 2 nitrogen and oxygen atoms in total. The van der Waals surface area contributed by atoms with Crippen LogP contribution in [0.2, 0.25) is 0 Å². The molecule has 0 aliphatic rings. The SMILES string of the molecule is C=C(C)C(C)(C)/C(CC)=N/O. The zero-order valence-electron chi connectivity index (χ0n) is 7.81. The second-order valence-electron chi connectivity index (χ2n) is 3.31. The van der Waals surface area contributed by atoms with Gasteiger partial charge in [0.2, 0.25) is 0 Å². The van der Waals surface area contributed by atoms with Crippen LogP contribution in [-0.2, 0) is 0 Å². The van der Waals surface area contributed by atoms with Gasteiger partial charge in [-0.05, 0) is 13.3 Å². The molecule has 0 aliphatic heterocycles. The molecule has 0 saturated carbocycles. The molecule has 0 amide bonds. The molecule has 0 fully saturated rings. The van der Waals surface area contributed by atoms with Crippen molar-refractivity contribution < 1.29 is 5.21 Å². The quantitative estimate of drug-likeness (QED) is 0.289. The molecule has 2 heteroatoms. The molecule has 0 spiro atoms. The molecule has 1 N–H and O–H groups in total. The first-order chi connectivity index (χ1) is 4.96. The molecule has 0 saturated heterocycles. The number of allylic oxidation sites excluding steroid dienone is 1. The summed E-state index contributed by atoms with van der Waals surface area (Å²) in [6.07, 6.45) is 0.760. The highest BCUT2D eigenvalue weighted by Gasteiger charge is 2.24. The van der Waals surface area contributed by atoms with E-state index in [-0.39, 0.29) is 5.41 Å². The summed E-state index contributed by atoms with van der Waals surface area (Å²) < 4.78 is 0. The minimum Gasteiger partial charge on any atom is -0.411 e. The van der Waals surface area contributed by atoms with E-state index in [0.29, 0.717) is 0 Å². The lowest BCUT2D eigenvalue weighted by molar-refractivity contribution is 0.310. The van der Waals surface area contributed by atoms with Crippen LogP contribution in [0.3, 0.4) is 0 Å². The fourth-order valence-electron chi connectivity index (χ4n) is 0.884. The van der Waals surface area contributed by atoms with Gasteiger partial charge < -0.3 is 5.21 Å². The van der Waals surface area contributed by atoms with Crippen LogP contribution < -0.4 is 0 Å². The van der Waals surface area contributed by atoms with Crippen molar-refractivity contribution in [2.45, 2.75) is 34.1 Å². The zero-order valence-corrected chi connectivity index (χ0v) is 7.81. The minimum atomic E-state index is -0.177. The summed E-state index contributed by atoms with van der Waals surface area (Å²) in [5, 5.41) is 11.9. The van der Waals surface area contributed by atoms with Crippen LogP contribution in [0.25, 0.3) is 0 Å². The number of nitrogens with zero attached hydrogens (tertiary/aromatic N) is 1. The van der Waals surface area contributed by atoms with E-state index in [1.54, 1.807) is 0 Å². The van der Waals surface area contributed by atoms with Gasteiger partial charge in [-0.15, -0.1) is 0 Å². The van der Waals surface area contributed by atoms with E-state index in [9.17, 15) is 0 Å². The van der Waals surface area contributed by atoms with E-state index < -0.39 is 0 Å². The second kappa shape index (κ2) is 3.56. The maximum atomic E-state index is 8.66. The van der Waals surface area contributed by atoms with Gasteiger partial charge in [0, 0.05) is 5.41 Å². The second-order valence-corrected chi connectivity index (χ2v) is 3.31. The summed E-state index contributed by atoms with van der Waals surface area (Å²) in [6.45, 7) is 11.8. The maximum Gasteiger partial charge on any atom is 0.0664 e. The van der Waals surface area contributed by atoms with Crippen molar-refractivity contribution in [2.24, 2.45) is 10.6 Å². The molecule has 0 bridgehead atoms. The van der Waals surface area contributed by atoms with Crippen LogP contribution in [-0.4, -0.2) is 10.9 Å². The third-order valence-electron chi connectivity index (χ3n) is 2.24. The van der Waals surface area contributed by atoms with Crippen LogP contribution in [0.15, 0.2) is 17.3 Å². The topological polar surface area (TPSA) is 32.6 Å². The first-order valence-corrected chi connectivity index (χ1v) is 3.84. The summed E-state index contributed by atoms with van der Waals surface area (Å²) in [5.74, 6) is 0. The Labute approximate surface area is 68.6 Å². The Bertz CT molecular complexity index is 180. The lowest BCUT2D eigenvalue weighted by Gasteiger charge is -2.25. The molecule has 11 heavy (non-hydrogen) atoms. The Balaban J connectivity index is 4.66. The highest BCUT2D eigenvalue weighted by molar-refractivity contribution is 5.91. The molecule has 0 aromatic heterocycles. The van der Waals surface area contributed by atoms with Crippen molar-refractivity contribution in [3.8, 4) is 0 Å². The van der Waals surface area contributed by atoms with Crippen LogP contribution in [0.4, 0.5) is 0 Å². The van der Waals surface area contributed by atoms with Gasteiger partial charge in [0.1, 0.15) is 0 Å². The van der Waals surface area contributed by atoms with Crippen molar-refractivity contribution >= 4 is 5.71 Å². The van der Waals surface area contributed by atoms with Crippen molar-refractivity contribution in [3.05, 3.63) is 12.2 Å². The van der Waals surface area contributed by atoms with E-state index >= 15 is 0 Å². The van der Waals surface area contributed by atoms with Crippen LogP contribution >= 0.6 is 0 Å². The highest BCUT2D eigenvalue weighted by atomic mass is 16.4. The van der Waals surface area contributed by atoms with Gasteiger partial charge in [-0.2, -0.15) is 0 Å². The van der Waals surface area contributed by atoms with Crippen LogP contribution in [0.5, 0.6) is 0 Å². The van der Waals surface area contributed by atoms with Gasteiger partial charge in [0.25, 0.3) is 0 Å². The van der Waals surface area contributed by atoms with Crippen LogP contribution in [0.1, 0.15) is 34.1 Å². The Morgan fingerprint density at radius 2 is 2.00 bits per heavy atom. The van der Waals surface area contributed by atoms with Crippen molar-refractivity contribution in [1.82, 2.24) is 0 Å². The fraction of sp³-hybridized carbons (Fsp3) is 0.667. The first kappa shape index (κ1) is 10.2. The van der Waals surface area contributed by atoms with E-state index in [4.69, 9.17) is 5.21 Å². The lowest BCUT2D eigenvalue weighted by atomic mass is 9.80. The predicted octanol–water partition coefficient (Wildman–Crippen LogP) is 2.83. The summed E-state index contributed by atoms with van der Waals surface area (Å²) in [7, 11) is 0. The maximum absolute atomic E-state index is 8.66. The van der Waals surface area contributed by atoms with Gasteiger partial charge in [-0.3, -0.25) is 0 Å². The normalized spacial score (nSPS) is 13.3. The predicted molar refractivity (Wildman–Crippen MR) is 48.1 cm³/mol. The third kappa shape index (κ3) is 2.07. The molecular weight excluding hydrogens is 138 g/mol. The average molecular weight is 155 g/mol. The average Bonchev–Trinajstić information content (AvgIpc) is 1.89. The summed E-state index contributed by atoms with van der Waals surface area (Å²) >= 11 is 0. The van der Waals surface area contributed by atoms with Crippen LogP contribution in [0, 0.1) is 5.41 Å². The zero-order chi connectivity index (χ0) is 9.07. The van der Waals surface area contributed by atoms with E-state index in [1.165, 1.54) is 0 Å². The van der Waals surface area contributed by atoms with Crippen molar-refractivity contribution in [2.75, 3.05) is 0 Å². The smallest absolute Gasteiger partial charge is 0.0664 e. The molecule has 0 heterocycles. The molecule has 0 aliphatic carbocycles. The molecule has 64 valence electrons. The van der Waals surface area contributed by atoms with Crippen molar-refractivity contribution in [1.29, 1.82) is 0 Å². The fourth-order valence-corrected chi connectivity index (χ4v) is 0.884. The standard InChI is InChI=1S/C9H17NO/c1-6-8(10-11)9(4,5)7(2)3/h11H,2,6H2,1,3-5H3/b10-8+. The van der Waals surface area contributed by atoms with E-state index in [2.05, 4.69) is 11.7 Å². The number of hydrogen-bond donors (Lipinski definition) is 1. The number of oxime groups is 1. The molecule has 0 radical (unpaired) electrons. The van der Waals surface area contributed by atoms with Gasteiger partial charge in [0.05, 0.1) is 5.71 Å². The monoisotopic (exact) mass is 155 g/mol. The Kier molecular flexibility index (Phi) is 3.30.